The van der Waals surface area contributed by atoms with Crippen molar-refractivity contribution >= 4 is 27.3 Å². The fourth-order valence-corrected chi connectivity index (χ4v) is 2.43. The Morgan fingerprint density at radius 2 is 2.14 bits per heavy atom. The Hall–Kier alpha value is -1.55. The van der Waals surface area contributed by atoms with Crippen LogP contribution in [0.15, 0.2) is 18.2 Å². The summed E-state index contributed by atoms with van der Waals surface area (Å²) in [5.74, 6) is 4.85. The lowest BCUT2D eigenvalue weighted by Gasteiger charge is -2.06. The molecule has 0 unspecified atom stereocenters. The third-order valence-corrected chi connectivity index (χ3v) is 3.85. The Kier molecular flexibility index (Phi) is 6.69. The van der Waals surface area contributed by atoms with Crippen LogP contribution in [0.4, 0.5) is 0 Å². The highest BCUT2D eigenvalue weighted by molar-refractivity contribution is 7.90. The van der Waals surface area contributed by atoms with Crippen LogP contribution in [-0.4, -0.2) is 44.6 Å². The highest BCUT2D eigenvalue weighted by Crippen LogP contribution is 2.17. The molecule has 21 heavy (non-hydrogen) atoms. The summed E-state index contributed by atoms with van der Waals surface area (Å²) < 4.78 is 21.9. The summed E-state index contributed by atoms with van der Waals surface area (Å²) in [7, 11) is -3.02. The van der Waals surface area contributed by atoms with Crippen molar-refractivity contribution in [3.63, 3.8) is 0 Å². The number of amides is 1. The molecule has 0 heterocycles. The van der Waals surface area contributed by atoms with E-state index in [1.807, 2.05) is 0 Å². The normalized spacial score (nSPS) is 10.6. The van der Waals surface area contributed by atoms with Gasteiger partial charge in [-0.2, -0.15) is 0 Å². The lowest BCUT2D eigenvalue weighted by atomic mass is 10.1. The summed E-state index contributed by atoms with van der Waals surface area (Å²) in [5.41, 5.74) is 0.897. The Bertz CT molecular complexity index is 674. The van der Waals surface area contributed by atoms with Crippen molar-refractivity contribution in [1.29, 1.82) is 0 Å². The number of hydrogen-bond acceptors (Lipinski definition) is 4. The average molecular weight is 330 g/mol. The van der Waals surface area contributed by atoms with Gasteiger partial charge in [-0.1, -0.05) is 23.4 Å². The van der Waals surface area contributed by atoms with Gasteiger partial charge in [0.25, 0.3) is 5.91 Å². The van der Waals surface area contributed by atoms with Gasteiger partial charge in [0.05, 0.1) is 10.8 Å². The maximum Gasteiger partial charge on any atom is 0.251 e. The molecule has 0 aliphatic carbocycles. The van der Waals surface area contributed by atoms with Gasteiger partial charge in [-0.3, -0.25) is 4.79 Å². The molecule has 0 aromatic heterocycles. The van der Waals surface area contributed by atoms with Gasteiger partial charge in [-0.25, -0.2) is 8.42 Å². The van der Waals surface area contributed by atoms with E-state index < -0.39 is 9.84 Å². The van der Waals surface area contributed by atoms with Crippen LogP contribution in [0.5, 0.6) is 0 Å². The highest BCUT2D eigenvalue weighted by Gasteiger charge is 2.08. The van der Waals surface area contributed by atoms with Crippen molar-refractivity contribution in [3.8, 4) is 11.8 Å². The molecule has 0 fully saturated rings. The molecule has 1 rings (SSSR count). The summed E-state index contributed by atoms with van der Waals surface area (Å²) in [5, 5.41) is 11.6. The largest absolute Gasteiger partial charge is 0.384 e. The minimum absolute atomic E-state index is 0.0315. The highest BCUT2D eigenvalue weighted by atomic mass is 35.5. The Balaban J connectivity index is 2.61. The molecule has 0 aliphatic heterocycles. The summed E-state index contributed by atoms with van der Waals surface area (Å²) in [6.07, 6.45) is 1.51. The smallest absolute Gasteiger partial charge is 0.251 e. The Morgan fingerprint density at radius 1 is 1.43 bits per heavy atom. The van der Waals surface area contributed by atoms with Gasteiger partial charge >= 0.3 is 0 Å². The molecule has 5 nitrogen and oxygen atoms in total. The third kappa shape index (κ3) is 6.63. The number of hydrogen-bond donors (Lipinski definition) is 2. The number of halogens is 1. The zero-order chi connectivity index (χ0) is 15.9. The number of benzene rings is 1. The molecule has 0 atom stereocenters. The number of rotatable bonds is 5. The predicted molar refractivity (Wildman–Crippen MR) is 82.1 cm³/mol. The second-order valence-electron chi connectivity index (χ2n) is 4.39. The van der Waals surface area contributed by atoms with Crippen molar-refractivity contribution < 1.29 is 18.3 Å². The maximum atomic E-state index is 11.9. The van der Waals surface area contributed by atoms with Gasteiger partial charge in [-0.15, -0.1) is 0 Å². The van der Waals surface area contributed by atoms with Crippen molar-refractivity contribution in [3.05, 3.63) is 34.3 Å². The topological polar surface area (TPSA) is 83.5 Å². The Labute approximate surface area is 129 Å². The van der Waals surface area contributed by atoms with Crippen LogP contribution in [0.3, 0.4) is 0 Å². The lowest BCUT2D eigenvalue weighted by molar-refractivity contribution is 0.0953. The summed E-state index contributed by atoms with van der Waals surface area (Å²) in [6.45, 7) is 0.00843. The number of sulfone groups is 1. The SMILES string of the molecule is CS(=O)(=O)CCCNC(=O)c1ccc(C#CCO)c(Cl)c1. The molecule has 0 saturated carbocycles. The van der Waals surface area contributed by atoms with Gasteiger partial charge in [0.2, 0.25) is 0 Å². The van der Waals surface area contributed by atoms with E-state index in [2.05, 4.69) is 17.2 Å². The van der Waals surface area contributed by atoms with E-state index in [4.69, 9.17) is 16.7 Å². The monoisotopic (exact) mass is 329 g/mol. The van der Waals surface area contributed by atoms with Crippen LogP contribution < -0.4 is 5.32 Å². The molecule has 0 bridgehead atoms. The first-order valence-electron chi connectivity index (χ1n) is 6.18. The van der Waals surface area contributed by atoms with E-state index in [9.17, 15) is 13.2 Å². The van der Waals surface area contributed by atoms with Crippen LogP contribution in [0.1, 0.15) is 22.3 Å². The van der Waals surface area contributed by atoms with E-state index in [0.717, 1.165) is 6.26 Å². The average Bonchev–Trinajstić information content (AvgIpc) is 2.41. The van der Waals surface area contributed by atoms with Gasteiger partial charge in [0, 0.05) is 23.9 Å². The molecule has 1 amide bonds. The first-order valence-corrected chi connectivity index (χ1v) is 8.62. The molecule has 0 aliphatic rings. The molecule has 2 N–H and O–H groups in total. The quantitative estimate of drug-likeness (QED) is 0.619. The van der Waals surface area contributed by atoms with E-state index >= 15 is 0 Å². The number of nitrogens with one attached hydrogen (secondary N) is 1. The van der Waals surface area contributed by atoms with Crippen LogP contribution >= 0.6 is 11.6 Å². The molecule has 114 valence electrons. The second-order valence-corrected chi connectivity index (χ2v) is 7.06. The molecule has 0 saturated heterocycles. The van der Waals surface area contributed by atoms with Gasteiger partial charge in [0.15, 0.2) is 0 Å². The zero-order valence-electron chi connectivity index (χ0n) is 11.5. The predicted octanol–water partition coefficient (Wildman–Crippen LogP) is 0.848. The van der Waals surface area contributed by atoms with Crippen LogP contribution in [-0.2, 0) is 9.84 Å². The van der Waals surface area contributed by atoms with E-state index in [1.54, 1.807) is 12.1 Å². The number of aliphatic hydroxyl groups excluding tert-OH is 1. The summed E-state index contributed by atoms with van der Waals surface area (Å²) >= 11 is 5.99. The third-order valence-electron chi connectivity index (χ3n) is 2.51. The second kappa shape index (κ2) is 8.03. The van der Waals surface area contributed by atoms with Crippen molar-refractivity contribution in [2.24, 2.45) is 0 Å². The van der Waals surface area contributed by atoms with Gasteiger partial charge in [0.1, 0.15) is 16.4 Å². The van der Waals surface area contributed by atoms with Gasteiger partial charge in [-0.05, 0) is 24.6 Å². The summed E-state index contributed by atoms with van der Waals surface area (Å²) in [6, 6.07) is 4.64. The Morgan fingerprint density at radius 3 is 2.71 bits per heavy atom. The fourth-order valence-electron chi connectivity index (χ4n) is 1.53. The first kappa shape index (κ1) is 17.5. The molecule has 7 heteroatoms. The van der Waals surface area contributed by atoms with Crippen molar-refractivity contribution in [2.45, 2.75) is 6.42 Å². The number of carbonyl (C=O) groups excluding carboxylic acids is 1. The standard InChI is InChI=1S/C14H16ClNO4S/c1-21(19,20)9-3-7-16-14(18)12-6-5-11(4-2-8-17)13(15)10-12/h5-6,10,17H,3,7-9H2,1H3,(H,16,18). The minimum atomic E-state index is -3.02. The molecule has 0 spiro atoms. The number of carbonyl (C=O) groups is 1. The minimum Gasteiger partial charge on any atom is -0.384 e. The number of aliphatic hydroxyl groups is 1. The van der Waals surface area contributed by atoms with E-state index in [0.29, 0.717) is 22.6 Å². The fraction of sp³-hybridized carbons (Fsp3) is 0.357. The van der Waals surface area contributed by atoms with Crippen LogP contribution in [0.25, 0.3) is 0 Å². The van der Waals surface area contributed by atoms with Gasteiger partial charge < -0.3 is 10.4 Å². The van der Waals surface area contributed by atoms with Crippen molar-refractivity contribution in [1.82, 2.24) is 5.32 Å². The molecule has 1 aromatic carbocycles. The molecule has 1 aromatic rings. The van der Waals surface area contributed by atoms with E-state index in [-0.39, 0.29) is 24.8 Å². The van der Waals surface area contributed by atoms with Crippen LogP contribution in [0, 0.1) is 11.8 Å². The van der Waals surface area contributed by atoms with Crippen LogP contribution in [0.2, 0.25) is 5.02 Å². The molecular formula is C14H16ClNO4S. The maximum absolute atomic E-state index is 11.9. The van der Waals surface area contributed by atoms with Crippen molar-refractivity contribution in [2.75, 3.05) is 25.2 Å². The first-order chi connectivity index (χ1) is 9.83. The zero-order valence-corrected chi connectivity index (χ0v) is 13.1. The van der Waals surface area contributed by atoms with E-state index in [1.165, 1.54) is 6.07 Å². The summed E-state index contributed by atoms with van der Waals surface area (Å²) in [4.78, 5) is 11.9. The molecular weight excluding hydrogens is 314 g/mol. The lowest BCUT2D eigenvalue weighted by Crippen LogP contribution is -2.25. The molecule has 0 radical (unpaired) electrons.